The van der Waals surface area contributed by atoms with Crippen molar-refractivity contribution < 1.29 is 23.1 Å². The summed E-state index contributed by atoms with van der Waals surface area (Å²) in [6.07, 6.45) is -1.91. The number of anilines is 1. The summed E-state index contributed by atoms with van der Waals surface area (Å²) in [4.78, 5) is 14.2. The Hall–Kier alpha value is -1.79. The largest absolute Gasteiger partial charge is 0.478 e. The SMILES string of the molecule is O=C(O)c1cc(NC2CCC2)nc(C(F)(F)F)c1. The number of hydrogen-bond acceptors (Lipinski definition) is 3. The van der Waals surface area contributed by atoms with Crippen LogP contribution in [0.2, 0.25) is 0 Å². The van der Waals surface area contributed by atoms with Crippen LogP contribution in [-0.2, 0) is 6.18 Å². The number of carboxylic acids is 1. The molecule has 0 unspecified atom stereocenters. The third kappa shape index (κ3) is 2.72. The summed E-state index contributed by atoms with van der Waals surface area (Å²) < 4.78 is 37.7. The highest BCUT2D eigenvalue weighted by Crippen LogP contribution is 2.30. The van der Waals surface area contributed by atoms with Gasteiger partial charge in [0.25, 0.3) is 0 Å². The first-order valence-electron chi connectivity index (χ1n) is 5.45. The summed E-state index contributed by atoms with van der Waals surface area (Å²) in [6.45, 7) is 0. The van der Waals surface area contributed by atoms with E-state index in [1.165, 1.54) is 0 Å². The lowest BCUT2D eigenvalue weighted by Gasteiger charge is -2.27. The van der Waals surface area contributed by atoms with E-state index < -0.39 is 23.4 Å². The molecule has 0 aliphatic heterocycles. The van der Waals surface area contributed by atoms with Crippen LogP contribution in [0.1, 0.15) is 35.3 Å². The van der Waals surface area contributed by atoms with Crippen LogP contribution in [0.15, 0.2) is 12.1 Å². The molecule has 1 aromatic rings. The van der Waals surface area contributed by atoms with E-state index in [0.717, 1.165) is 25.3 Å². The van der Waals surface area contributed by atoms with Crippen molar-refractivity contribution >= 4 is 11.8 Å². The van der Waals surface area contributed by atoms with Crippen LogP contribution in [0.25, 0.3) is 0 Å². The maximum atomic E-state index is 12.6. The Morgan fingerprint density at radius 2 is 2.06 bits per heavy atom. The Morgan fingerprint density at radius 1 is 1.39 bits per heavy atom. The number of nitrogens with zero attached hydrogens (tertiary/aromatic N) is 1. The van der Waals surface area contributed by atoms with Crippen LogP contribution in [0, 0.1) is 0 Å². The van der Waals surface area contributed by atoms with Gasteiger partial charge in [0.05, 0.1) is 5.56 Å². The van der Waals surface area contributed by atoms with Gasteiger partial charge < -0.3 is 10.4 Å². The molecule has 0 radical (unpaired) electrons. The summed E-state index contributed by atoms with van der Waals surface area (Å²) in [5.74, 6) is -1.44. The average molecular weight is 260 g/mol. The van der Waals surface area contributed by atoms with Gasteiger partial charge >= 0.3 is 12.1 Å². The summed E-state index contributed by atoms with van der Waals surface area (Å²) in [6, 6.07) is 1.74. The fourth-order valence-electron chi connectivity index (χ4n) is 1.63. The molecule has 1 aliphatic carbocycles. The fourth-order valence-corrected chi connectivity index (χ4v) is 1.63. The quantitative estimate of drug-likeness (QED) is 0.877. The molecule has 2 N–H and O–H groups in total. The second-order valence-corrected chi connectivity index (χ2v) is 4.20. The van der Waals surface area contributed by atoms with Crippen LogP contribution in [0.5, 0.6) is 0 Å². The minimum absolute atomic E-state index is 0.0353. The Kier molecular flexibility index (Phi) is 3.14. The lowest BCUT2D eigenvalue weighted by molar-refractivity contribution is -0.141. The number of pyridine rings is 1. The van der Waals surface area contributed by atoms with Crippen molar-refractivity contribution in [1.82, 2.24) is 4.98 Å². The van der Waals surface area contributed by atoms with Crippen molar-refractivity contribution in [2.45, 2.75) is 31.5 Å². The smallest absolute Gasteiger partial charge is 0.433 e. The van der Waals surface area contributed by atoms with Crippen molar-refractivity contribution in [2.75, 3.05) is 5.32 Å². The van der Waals surface area contributed by atoms with E-state index in [-0.39, 0.29) is 11.9 Å². The van der Waals surface area contributed by atoms with Crippen LogP contribution in [0.3, 0.4) is 0 Å². The molecule has 98 valence electrons. The first-order chi connectivity index (χ1) is 8.36. The molecule has 1 aromatic heterocycles. The van der Waals surface area contributed by atoms with Gasteiger partial charge in [0.2, 0.25) is 0 Å². The van der Waals surface area contributed by atoms with E-state index in [0.29, 0.717) is 6.07 Å². The van der Waals surface area contributed by atoms with Crippen LogP contribution in [-0.4, -0.2) is 22.1 Å². The maximum Gasteiger partial charge on any atom is 0.433 e. The number of aromatic nitrogens is 1. The summed E-state index contributed by atoms with van der Waals surface area (Å²) in [7, 11) is 0. The molecule has 4 nitrogen and oxygen atoms in total. The Bertz CT molecular complexity index is 470. The zero-order chi connectivity index (χ0) is 13.3. The fraction of sp³-hybridized carbons (Fsp3) is 0.455. The van der Waals surface area contributed by atoms with E-state index in [1.54, 1.807) is 0 Å². The molecule has 1 heterocycles. The number of carboxylic acid groups (broad SMARTS) is 1. The molecule has 1 saturated carbocycles. The second kappa shape index (κ2) is 4.47. The van der Waals surface area contributed by atoms with Crippen LogP contribution < -0.4 is 5.32 Å². The summed E-state index contributed by atoms with van der Waals surface area (Å²) in [5.41, 5.74) is -1.61. The van der Waals surface area contributed by atoms with E-state index in [2.05, 4.69) is 10.3 Å². The maximum absolute atomic E-state index is 12.6. The van der Waals surface area contributed by atoms with E-state index >= 15 is 0 Å². The number of carbonyl (C=O) groups is 1. The van der Waals surface area contributed by atoms with Crippen molar-refractivity contribution in [3.8, 4) is 0 Å². The number of alkyl halides is 3. The summed E-state index contributed by atoms with van der Waals surface area (Å²) in [5, 5.41) is 11.6. The lowest BCUT2D eigenvalue weighted by atomic mass is 9.93. The van der Waals surface area contributed by atoms with Gasteiger partial charge in [-0.2, -0.15) is 13.2 Å². The Balaban J connectivity index is 2.32. The summed E-state index contributed by atoms with van der Waals surface area (Å²) >= 11 is 0. The third-order valence-corrected chi connectivity index (χ3v) is 2.82. The molecule has 1 fully saturated rings. The van der Waals surface area contributed by atoms with Crippen molar-refractivity contribution in [3.05, 3.63) is 23.4 Å². The number of hydrogen-bond donors (Lipinski definition) is 2. The van der Waals surface area contributed by atoms with Gasteiger partial charge in [0.1, 0.15) is 11.5 Å². The van der Waals surface area contributed by atoms with Gasteiger partial charge in [-0.25, -0.2) is 9.78 Å². The molecule has 0 atom stereocenters. The monoisotopic (exact) mass is 260 g/mol. The predicted octanol–water partition coefficient (Wildman–Crippen LogP) is 2.76. The van der Waals surface area contributed by atoms with Gasteiger partial charge in [-0.1, -0.05) is 0 Å². The van der Waals surface area contributed by atoms with Gasteiger partial charge in [-0.3, -0.25) is 0 Å². The van der Waals surface area contributed by atoms with E-state index in [1.807, 2.05) is 0 Å². The molecule has 0 aromatic carbocycles. The van der Waals surface area contributed by atoms with Gasteiger partial charge in [-0.05, 0) is 31.4 Å². The van der Waals surface area contributed by atoms with Gasteiger partial charge in [0.15, 0.2) is 0 Å². The Morgan fingerprint density at radius 3 is 2.50 bits per heavy atom. The van der Waals surface area contributed by atoms with Gasteiger partial charge in [0, 0.05) is 6.04 Å². The number of halogens is 3. The molecular weight excluding hydrogens is 249 g/mol. The zero-order valence-electron chi connectivity index (χ0n) is 9.29. The minimum atomic E-state index is -4.65. The standard InChI is InChI=1S/C11H11F3N2O2/c12-11(13,14)8-4-6(10(17)18)5-9(16-8)15-7-2-1-3-7/h4-5,7H,1-3H2,(H,15,16)(H,17,18). The molecule has 0 saturated heterocycles. The zero-order valence-corrected chi connectivity index (χ0v) is 9.29. The van der Waals surface area contributed by atoms with Crippen molar-refractivity contribution in [1.29, 1.82) is 0 Å². The molecule has 2 rings (SSSR count). The predicted molar refractivity (Wildman–Crippen MR) is 57.5 cm³/mol. The normalized spacial score (nSPS) is 16.2. The number of rotatable bonds is 3. The van der Waals surface area contributed by atoms with Crippen molar-refractivity contribution in [2.24, 2.45) is 0 Å². The topological polar surface area (TPSA) is 62.2 Å². The molecular formula is C11H11F3N2O2. The second-order valence-electron chi connectivity index (χ2n) is 4.20. The minimum Gasteiger partial charge on any atom is -0.478 e. The molecule has 0 spiro atoms. The highest BCUT2D eigenvalue weighted by Gasteiger charge is 2.34. The highest BCUT2D eigenvalue weighted by molar-refractivity contribution is 5.88. The number of nitrogens with one attached hydrogen (secondary N) is 1. The van der Waals surface area contributed by atoms with Gasteiger partial charge in [-0.15, -0.1) is 0 Å². The van der Waals surface area contributed by atoms with Crippen LogP contribution in [0.4, 0.5) is 19.0 Å². The molecule has 18 heavy (non-hydrogen) atoms. The van der Waals surface area contributed by atoms with E-state index in [4.69, 9.17) is 5.11 Å². The first kappa shape index (κ1) is 12.7. The number of aromatic carboxylic acids is 1. The lowest BCUT2D eigenvalue weighted by Crippen LogP contribution is -2.28. The third-order valence-electron chi connectivity index (χ3n) is 2.82. The first-order valence-corrected chi connectivity index (χ1v) is 5.45. The average Bonchev–Trinajstić information content (AvgIpc) is 2.22. The van der Waals surface area contributed by atoms with Crippen LogP contribution >= 0.6 is 0 Å². The van der Waals surface area contributed by atoms with E-state index in [9.17, 15) is 18.0 Å². The van der Waals surface area contributed by atoms with Crippen molar-refractivity contribution in [3.63, 3.8) is 0 Å². The Labute approximate surface area is 101 Å². The molecule has 0 bridgehead atoms. The molecule has 0 amide bonds. The molecule has 7 heteroatoms. The highest BCUT2D eigenvalue weighted by atomic mass is 19.4. The molecule has 1 aliphatic rings.